The van der Waals surface area contributed by atoms with E-state index in [-0.39, 0.29) is 43.4 Å². The molecule has 13 aromatic carbocycles. The van der Waals surface area contributed by atoms with Gasteiger partial charge < -0.3 is 15.3 Å². The van der Waals surface area contributed by atoms with Crippen molar-refractivity contribution < 1.29 is 34.8 Å². The van der Waals surface area contributed by atoms with Crippen molar-refractivity contribution in [1.82, 2.24) is 0 Å². The first kappa shape index (κ1) is 47.8. The Hall–Kier alpha value is -8.27. The van der Waals surface area contributed by atoms with E-state index in [0.29, 0.717) is 5.75 Å². The maximum atomic E-state index is 10.7. The second-order valence-corrected chi connectivity index (χ2v) is 17.0. The van der Waals surface area contributed by atoms with E-state index in [1.807, 2.05) is 133 Å². The minimum Gasteiger partial charge on any atom is -0.551 e. The smallest absolute Gasteiger partial charge is 0.551 e. The number of phenolic OH excluding ortho intramolecular Hbond substituents is 3. The first-order chi connectivity index (χ1) is 34.0. The number of rotatable bonds is 4. The van der Waals surface area contributed by atoms with Gasteiger partial charge in [-0.15, -0.1) is 89.2 Å². The SMILES string of the molecule is Cl.Oc1cc2cc(-c3ccccc3)ccc2c2c(-c3ccccc3)cc[c-]c12.Oc1cc2cc(-c3ccccc3)ccc2c2c(-c3ccccc3)cc[c-]c12.Oc1cc2ccccc2c2ccc[c-]c12.[Ru+3]. The second kappa shape index (κ2) is 21.2. The summed E-state index contributed by atoms with van der Waals surface area (Å²) in [6, 6.07) is 90.8. The molecule has 0 aliphatic heterocycles. The molecular weight excluding hydrogens is 977 g/mol. The Morgan fingerprint density at radius 1 is 0.268 bits per heavy atom. The molecule has 0 saturated heterocycles. The summed E-state index contributed by atoms with van der Waals surface area (Å²) in [5.41, 5.74) is 9.11. The van der Waals surface area contributed by atoms with E-state index in [1.165, 1.54) is 11.1 Å². The fourth-order valence-electron chi connectivity index (χ4n) is 9.52. The van der Waals surface area contributed by atoms with Gasteiger partial charge in [0.25, 0.3) is 0 Å². The van der Waals surface area contributed by atoms with Crippen LogP contribution in [0.2, 0.25) is 0 Å². The second-order valence-electron chi connectivity index (χ2n) is 17.0. The van der Waals surface area contributed by atoms with Crippen LogP contribution in [0.3, 0.4) is 0 Å². The van der Waals surface area contributed by atoms with Crippen LogP contribution in [0.15, 0.2) is 243 Å². The van der Waals surface area contributed by atoms with E-state index in [9.17, 15) is 15.3 Å². The van der Waals surface area contributed by atoms with Crippen LogP contribution < -0.4 is 0 Å². The first-order valence-electron chi connectivity index (χ1n) is 22.9. The number of fused-ring (bicyclic) bond motifs is 9. The van der Waals surface area contributed by atoms with Gasteiger partial charge in [-0.2, -0.15) is 0 Å². The quantitative estimate of drug-likeness (QED) is 0.0935. The number of aromatic hydroxyl groups is 3. The predicted octanol–water partition coefficient (Wildman–Crippen LogP) is 17.6. The monoisotopic (exact) mass is 1020 g/mol. The van der Waals surface area contributed by atoms with Crippen molar-refractivity contribution in [3.63, 3.8) is 0 Å². The van der Waals surface area contributed by atoms with Crippen molar-refractivity contribution in [2.24, 2.45) is 0 Å². The maximum Gasteiger partial charge on any atom is 3.00 e. The van der Waals surface area contributed by atoms with Gasteiger partial charge in [-0.25, -0.2) is 0 Å². The number of hydrogen-bond donors (Lipinski definition) is 3. The molecule has 0 atom stereocenters. The van der Waals surface area contributed by atoms with Crippen LogP contribution in [0.5, 0.6) is 17.2 Å². The van der Waals surface area contributed by atoms with Crippen molar-refractivity contribution in [3.05, 3.63) is 261 Å². The minimum atomic E-state index is 0. The molecule has 5 heteroatoms. The molecule has 3 N–H and O–H groups in total. The summed E-state index contributed by atoms with van der Waals surface area (Å²) in [7, 11) is 0. The largest absolute Gasteiger partial charge is 3.00 e. The molecule has 71 heavy (non-hydrogen) atoms. The molecule has 1 radical (unpaired) electrons. The van der Waals surface area contributed by atoms with Crippen LogP contribution in [0.4, 0.5) is 0 Å². The van der Waals surface area contributed by atoms with Gasteiger partial charge in [0, 0.05) is 17.2 Å². The van der Waals surface area contributed by atoms with Gasteiger partial charge >= 0.3 is 19.5 Å². The van der Waals surface area contributed by atoms with Gasteiger partial charge in [0.15, 0.2) is 0 Å². The molecule has 0 amide bonds. The predicted molar refractivity (Wildman–Crippen MR) is 295 cm³/mol. The van der Waals surface area contributed by atoms with E-state index in [1.54, 1.807) is 6.07 Å². The van der Waals surface area contributed by atoms with Gasteiger partial charge in [0.2, 0.25) is 0 Å². The summed E-state index contributed by atoms with van der Waals surface area (Å²) in [5.74, 6) is 0.824. The van der Waals surface area contributed by atoms with E-state index in [0.717, 1.165) is 98.0 Å². The molecule has 0 aromatic heterocycles. The molecule has 13 rings (SSSR count). The van der Waals surface area contributed by atoms with Crippen LogP contribution in [-0.2, 0) is 19.5 Å². The molecule has 0 bridgehead atoms. The van der Waals surface area contributed by atoms with Crippen molar-refractivity contribution in [2.75, 3.05) is 0 Å². The molecule has 0 aliphatic carbocycles. The average molecular weight is 1020 g/mol. The fraction of sp³-hybridized carbons (Fsp3) is 0. The van der Waals surface area contributed by atoms with Gasteiger partial charge in [-0.05, 0) is 61.7 Å². The minimum absolute atomic E-state index is 0. The van der Waals surface area contributed by atoms with Crippen LogP contribution in [0, 0.1) is 18.2 Å². The molecule has 0 unspecified atom stereocenters. The van der Waals surface area contributed by atoms with Gasteiger partial charge in [-0.1, -0.05) is 232 Å². The Kier molecular flexibility index (Phi) is 14.2. The van der Waals surface area contributed by atoms with Gasteiger partial charge in [0.05, 0.1) is 0 Å². The summed E-state index contributed by atoms with van der Waals surface area (Å²) in [6.07, 6.45) is 0. The first-order valence-corrected chi connectivity index (χ1v) is 22.9. The summed E-state index contributed by atoms with van der Waals surface area (Å²) in [4.78, 5) is 0. The van der Waals surface area contributed by atoms with Crippen molar-refractivity contribution in [3.8, 4) is 61.8 Å². The Balaban J connectivity index is 0.000000135. The van der Waals surface area contributed by atoms with Gasteiger partial charge in [0.1, 0.15) is 0 Å². The summed E-state index contributed by atoms with van der Waals surface area (Å²) in [6.45, 7) is 0. The third-order valence-corrected chi connectivity index (χ3v) is 12.8. The van der Waals surface area contributed by atoms with Crippen molar-refractivity contribution >= 4 is 77.0 Å². The van der Waals surface area contributed by atoms with Crippen molar-refractivity contribution in [1.29, 1.82) is 0 Å². The molecule has 3 nitrogen and oxygen atoms in total. The zero-order valence-corrected chi connectivity index (χ0v) is 40.8. The molecule has 0 aliphatic rings. The Morgan fingerprint density at radius 2 is 0.648 bits per heavy atom. The van der Waals surface area contributed by atoms with Crippen LogP contribution >= 0.6 is 12.4 Å². The van der Waals surface area contributed by atoms with E-state index >= 15 is 0 Å². The van der Waals surface area contributed by atoms with Crippen molar-refractivity contribution in [2.45, 2.75) is 0 Å². The van der Waals surface area contributed by atoms with E-state index in [4.69, 9.17) is 0 Å². The Bertz CT molecular complexity index is 3770. The van der Waals surface area contributed by atoms with Crippen LogP contribution in [0.25, 0.3) is 109 Å². The average Bonchev–Trinajstić information content (AvgIpc) is 3.42. The molecule has 0 spiro atoms. The summed E-state index contributed by atoms with van der Waals surface area (Å²) < 4.78 is 0. The fourth-order valence-corrected chi connectivity index (χ4v) is 9.52. The normalized spacial score (nSPS) is 10.8. The third kappa shape index (κ3) is 9.57. The Labute approximate surface area is 431 Å². The standard InChI is InChI=1S/2C26H17O.C14H9O.ClH.Ru/c2*27-25-17-21-16-20(18-8-3-1-4-9-18)14-15-23(21)26-22(12-7-13-24(25)26)19-10-5-2-6-11-19;15-14-9-10-5-1-2-6-11(10)12-7-3-4-8-13(12)14;;/h2*1-12,14-17,27H;1-7,9,15H;1H;/q3*-1;;+3. The molecule has 13 aromatic rings. The van der Waals surface area contributed by atoms with Gasteiger partial charge in [-0.3, -0.25) is 0 Å². The van der Waals surface area contributed by atoms with Crippen LogP contribution in [-0.4, -0.2) is 15.3 Å². The molecule has 0 heterocycles. The number of benzene rings is 13. The Morgan fingerprint density at radius 3 is 1.13 bits per heavy atom. The molecule has 0 fully saturated rings. The van der Waals surface area contributed by atoms with Crippen LogP contribution in [0.1, 0.15) is 0 Å². The number of halogens is 1. The summed E-state index contributed by atoms with van der Waals surface area (Å²) in [5, 5.41) is 43.1. The topological polar surface area (TPSA) is 60.7 Å². The zero-order chi connectivity index (χ0) is 46.7. The third-order valence-electron chi connectivity index (χ3n) is 12.8. The molecule has 0 saturated carbocycles. The molecule has 341 valence electrons. The number of hydrogen-bond acceptors (Lipinski definition) is 3. The molecular formula is C66H44ClO3Ru. The summed E-state index contributed by atoms with van der Waals surface area (Å²) >= 11 is 0. The zero-order valence-electron chi connectivity index (χ0n) is 38.2. The van der Waals surface area contributed by atoms with E-state index < -0.39 is 0 Å². The number of phenols is 3. The maximum absolute atomic E-state index is 10.7. The van der Waals surface area contributed by atoms with E-state index in [2.05, 4.69) is 121 Å².